The number of rotatable bonds is 4. The predicted molar refractivity (Wildman–Crippen MR) is 71.2 cm³/mol. The second-order valence-corrected chi connectivity index (χ2v) is 5.55. The molecule has 2 amide bonds. The first-order valence-corrected chi connectivity index (χ1v) is 7.10. The molecule has 98 valence electrons. The Morgan fingerprint density at radius 1 is 1.61 bits per heavy atom. The van der Waals surface area contributed by atoms with E-state index in [1.807, 2.05) is 24.4 Å². The predicted octanol–water partition coefficient (Wildman–Crippen LogP) is 1.79. The Bertz CT molecular complexity index is 430. The summed E-state index contributed by atoms with van der Waals surface area (Å²) in [5, 5.41) is 4.87. The van der Waals surface area contributed by atoms with E-state index in [0.717, 1.165) is 11.3 Å². The van der Waals surface area contributed by atoms with Crippen molar-refractivity contribution in [2.24, 2.45) is 5.92 Å². The average molecular weight is 266 g/mol. The summed E-state index contributed by atoms with van der Waals surface area (Å²) < 4.78 is 0. The molecule has 5 heteroatoms. The SMILES string of the molecule is CCCNC(=O)C1CC(=O)N(C)C1c1cccs1. The minimum Gasteiger partial charge on any atom is -0.356 e. The van der Waals surface area contributed by atoms with Crippen molar-refractivity contribution in [1.82, 2.24) is 10.2 Å². The standard InChI is InChI=1S/C13H18N2O2S/c1-3-6-14-13(17)9-8-11(16)15(2)12(9)10-5-4-7-18-10/h4-5,7,9,12H,3,6,8H2,1-2H3,(H,14,17). The lowest BCUT2D eigenvalue weighted by molar-refractivity contribution is -0.128. The van der Waals surface area contributed by atoms with Crippen LogP contribution in [0.15, 0.2) is 17.5 Å². The van der Waals surface area contributed by atoms with Gasteiger partial charge in [-0.15, -0.1) is 11.3 Å². The van der Waals surface area contributed by atoms with E-state index in [9.17, 15) is 9.59 Å². The zero-order chi connectivity index (χ0) is 13.1. The molecule has 0 bridgehead atoms. The highest BCUT2D eigenvalue weighted by molar-refractivity contribution is 7.10. The van der Waals surface area contributed by atoms with E-state index < -0.39 is 0 Å². The lowest BCUT2D eigenvalue weighted by Gasteiger charge is -2.23. The van der Waals surface area contributed by atoms with Crippen molar-refractivity contribution in [1.29, 1.82) is 0 Å². The van der Waals surface area contributed by atoms with Crippen LogP contribution in [-0.4, -0.2) is 30.3 Å². The third-order valence-electron chi connectivity index (χ3n) is 3.31. The van der Waals surface area contributed by atoms with Gasteiger partial charge in [-0.05, 0) is 17.9 Å². The van der Waals surface area contributed by atoms with Gasteiger partial charge in [0.2, 0.25) is 11.8 Å². The largest absolute Gasteiger partial charge is 0.356 e. The normalized spacial score (nSPS) is 23.4. The maximum absolute atomic E-state index is 12.1. The summed E-state index contributed by atoms with van der Waals surface area (Å²) in [6.45, 7) is 2.69. The van der Waals surface area contributed by atoms with Crippen molar-refractivity contribution in [3.8, 4) is 0 Å². The van der Waals surface area contributed by atoms with Crippen molar-refractivity contribution in [3.63, 3.8) is 0 Å². The van der Waals surface area contributed by atoms with Gasteiger partial charge in [0, 0.05) is 24.9 Å². The maximum Gasteiger partial charge on any atom is 0.226 e. The van der Waals surface area contributed by atoms with Crippen LogP contribution in [0.5, 0.6) is 0 Å². The van der Waals surface area contributed by atoms with Crippen LogP contribution in [0.3, 0.4) is 0 Å². The molecule has 0 saturated carbocycles. The van der Waals surface area contributed by atoms with Gasteiger partial charge in [-0.1, -0.05) is 13.0 Å². The molecule has 1 aromatic rings. The second-order valence-electron chi connectivity index (χ2n) is 4.57. The van der Waals surface area contributed by atoms with Crippen LogP contribution in [0, 0.1) is 5.92 Å². The highest BCUT2D eigenvalue weighted by atomic mass is 32.1. The number of hydrogen-bond donors (Lipinski definition) is 1. The lowest BCUT2D eigenvalue weighted by atomic mass is 9.98. The van der Waals surface area contributed by atoms with Crippen molar-refractivity contribution >= 4 is 23.2 Å². The summed E-state index contributed by atoms with van der Waals surface area (Å²) in [5.41, 5.74) is 0. The summed E-state index contributed by atoms with van der Waals surface area (Å²) in [6.07, 6.45) is 1.22. The summed E-state index contributed by atoms with van der Waals surface area (Å²) >= 11 is 1.60. The Labute approximate surface area is 111 Å². The summed E-state index contributed by atoms with van der Waals surface area (Å²) in [6, 6.07) is 3.84. The van der Waals surface area contributed by atoms with Crippen molar-refractivity contribution in [2.75, 3.05) is 13.6 Å². The fourth-order valence-corrected chi connectivity index (χ4v) is 3.27. The molecule has 1 N–H and O–H groups in total. The van der Waals surface area contributed by atoms with E-state index in [2.05, 4.69) is 5.32 Å². The summed E-state index contributed by atoms with van der Waals surface area (Å²) in [5.74, 6) is -0.217. The zero-order valence-electron chi connectivity index (χ0n) is 10.7. The van der Waals surface area contributed by atoms with Gasteiger partial charge in [-0.25, -0.2) is 0 Å². The fourth-order valence-electron chi connectivity index (χ4n) is 2.33. The molecule has 4 nitrogen and oxygen atoms in total. The molecule has 2 heterocycles. The van der Waals surface area contributed by atoms with Crippen LogP contribution >= 0.6 is 11.3 Å². The molecule has 0 radical (unpaired) electrons. The number of carbonyl (C=O) groups excluding carboxylic acids is 2. The molecule has 0 aliphatic carbocycles. The maximum atomic E-state index is 12.1. The van der Waals surface area contributed by atoms with Crippen LogP contribution in [-0.2, 0) is 9.59 Å². The van der Waals surface area contributed by atoms with Crippen LogP contribution in [0.2, 0.25) is 0 Å². The summed E-state index contributed by atoms with van der Waals surface area (Å²) in [4.78, 5) is 26.7. The van der Waals surface area contributed by atoms with Crippen molar-refractivity contribution in [3.05, 3.63) is 22.4 Å². The number of thiophene rings is 1. The van der Waals surface area contributed by atoms with Crippen LogP contribution < -0.4 is 5.32 Å². The lowest BCUT2D eigenvalue weighted by Crippen LogP contribution is -2.34. The first-order chi connectivity index (χ1) is 8.65. The Kier molecular flexibility index (Phi) is 4.01. The molecule has 2 atom stereocenters. The first-order valence-electron chi connectivity index (χ1n) is 6.22. The van der Waals surface area contributed by atoms with Gasteiger partial charge in [0.25, 0.3) is 0 Å². The molecular weight excluding hydrogens is 248 g/mol. The van der Waals surface area contributed by atoms with Crippen molar-refractivity contribution < 1.29 is 9.59 Å². The van der Waals surface area contributed by atoms with Gasteiger partial charge < -0.3 is 10.2 Å². The van der Waals surface area contributed by atoms with Gasteiger partial charge in [-0.3, -0.25) is 9.59 Å². The molecule has 0 aromatic carbocycles. The van der Waals surface area contributed by atoms with E-state index in [0.29, 0.717) is 13.0 Å². The van der Waals surface area contributed by atoms with Gasteiger partial charge in [-0.2, -0.15) is 0 Å². The van der Waals surface area contributed by atoms with Gasteiger partial charge >= 0.3 is 0 Å². The van der Waals surface area contributed by atoms with Crippen LogP contribution in [0.25, 0.3) is 0 Å². The van der Waals surface area contributed by atoms with E-state index in [-0.39, 0.29) is 23.8 Å². The summed E-state index contributed by atoms with van der Waals surface area (Å²) in [7, 11) is 1.78. The smallest absolute Gasteiger partial charge is 0.226 e. The highest BCUT2D eigenvalue weighted by Gasteiger charge is 2.42. The molecule has 18 heavy (non-hydrogen) atoms. The quantitative estimate of drug-likeness (QED) is 0.903. The Morgan fingerprint density at radius 3 is 3.00 bits per heavy atom. The number of hydrogen-bond acceptors (Lipinski definition) is 3. The number of nitrogens with zero attached hydrogens (tertiary/aromatic N) is 1. The van der Waals surface area contributed by atoms with E-state index in [4.69, 9.17) is 0 Å². The molecule has 1 saturated heterocycles. The minimum atomic E-state index is -0.257. The number of amides is 2. The zero-order valence-corrected chi connectivity index (χ0v) is 11.5. The Hall–Kier alpha value is -1.36. The average Bonchev–Trinajstić information content (AvgIpc) is 2.96. The van der Waals surface area contributed by atoms with Crippen LogP contribution in [0.1, 0.15) is 30.7 Å². The fraction of sp³-hybridized carbons (Fsp3) is 0.538. The number of likely N-dealkylation sites (tertiary alicyclic amines) is 1. The third kappa shape index (κ3) is 2.41. The first kappa shape index (κ1) is 13.1. The topological polar surface area (TPSA) is 49.4 Å². The third-order valence-corrected chi connectivity index (χ3v) is 4.25. The minimum absolute atomic E-state index is 0.00653. The molecule has 2 unspecified atom stereocenters. The Balaban J connectivity index is 2.18. The van der Waals surface area contributed by atoms with Gasteiger partial charge in [0.15, 0.2) is 0 Å². The van der Waals surface area contributed by atoms with Gasteiger partial charge in [0.05, 0.1) is 12.0 Å². The molecule has 1 aromatic heterocycles. The van der Waals surface area contributed by atoms with Crippen molar-refractivity contribution in [2.45, 2.75) is 25.8 Å². The van der Waals surface area contributed by atoms with E-state index in [1.165, 1.54) is 0 Å². The second kappa shape index (κ2) is 5.52. The molecular formula is C13H18N2O2S. The molecule has 0 spiro atoms. The Morgan fingerprint density at radius 2 is 2.39 bits per heavy atom. The van der Waals surface area contributed by atoms with E-state index >= 15 is 0 Å². The molecule has 1 aliphatic heterocycles. The van der Waals surface area contributed by atoms with E-state index in [1.54, 1.807) is 23.3 Å². The highest BCUT2D eigenvalue weighted by Crippen LogP contribution is 2.38. The molecule has 1 aliphatic rings. The van der Waals surface area contributed by atoms with Gasteiger partial charge in [0.1, 0.15) is 0 Å². The molecule has 1 fully saturated rings. The monoisotopic (exact) mass is 266 g/mol. The number of carbonyl (C=O) groups is 2. The van der Waals surface area contributed by atoms with Crippen LogP contribution in [0.4, 0.5) is 0 Å². The number of nitrogens with one attached hydrogen (secondary N) is 1. The molecule has 2 rings (SSSR count).